The Morgan fingerprint density at radius 3 is 2.62 bits per heavy atom. The molecule has 2 saturated heterocycles. The highest BCUT2D eigenvalue weighted by molar-refractivity contribution is 5.67. The quantitative estimate of drug-likeness (QED) is 0.780. The van der Waals surface area contributed by atoms with Gasteiger partial charge in [-0.2, -0.15) is 4.98 Å². The molecular weight excluding hydrogens is 368 g/mol. The number of piperidine rings is 1. The van der Waals surface area contributed by atoms with Gasteiger partial charge < -0.3 is 25.6 Å². The van der Waals surface area contributed by atoms with Gasteiger partial charge in [-0.05, 0) is 45.1 Å². The first kappa shape index (κ1) is 20.2. The summed E-state index contributed by atoms with van der Waals surface area (Å²) in [6, 6.07) is 2.58. The van der Waals surface area contributed by atoms with Crippen LogP contribution < -0.4 is 16.0 Å². The summed E-state index contributed by atoms with van der Waals surface area (Å²) in [5.41, 5.74) is 7.03. The van der Waals surface area contributed by atoms with Gasteiger partial charge in [0.2, 0.25) is 5.95 Å². The van der Waals surface area contributed by atoms with Crippen molar-refractivity contribution in [2.24, 2.45) is 5.92 Å². The van der Waals surface area contributed by atoms with Crippen molar-refractivity contribution in [1.82, 2.24) is 20.2 Å². The first-order chi connectivity index (χ1) is 14.1. The molecule has 3 N–H and O–H groups in total. The summed E-state index contributed by atoms with van der Waals surface area (Å²) in [4.78, 5) is 25.5. The van der Waals surface area contributed by atoms with Gasteiger partial charge in [-0.25, -0.2) is 9.78 Å². The first-order valence-electron chi connectivity index (χ1n) is 11.1. The molecule has 1 amide bonds. The molecule has 1 saturated carbocycles. The number of likely N-dealkylation sites (N-methyl/N-ethyl adjacent to an activating group) is 1. The van der Waals surface area contributed by atoms with Crippen molar-refractivity contribution in [2.45, 2.75) is 56.9 Å². The third-order valence-electron chi connectivity index (χ3n) is 6.76. The Balaban J connectivity index is 1.31. The molecule has 0 bridgehead atoms. The van der Waals surface area contributed by atoms with Crippen molar-refractivity contribution in [1.29, 1.82) is 0 Å². The highest BCUT2D eigenvalue weighted by atomic mass is 16.6. The SMILES string of the molecule is CN[C@@H]1CCN(c2cc(C3CCN(C(=O)OCC4CCCC4)CC3)nc(N)n2)C1. The molecule has 160 valence electrons. The molecule has 29 heavy (non-hydrogen) atoms. The third kappa shape index (κ3) is 4.91. The second-order valence-corrected chi connectivity index (χ2v) is 8.72. The van der Waals surface area contributed by atoms with Gasteiger partial charge in [-0.1, -0.05) is 12.8 Å². The first-order valence-corrected chi connectivity index (χ1v) is 11.1. The fraction of sp³-hybridized carbons (Fsp3) is 0.762. The molecule has 0 unspecified atom stereocenters. The Morgan fingerprint density at radius 2 is 1.93 bits per heavy atom. The van der Waals surface area contributed by atoms with E-state index in [9.17, 15) is 4.79 Å². The number of likely N-dealkylation sites (tertiary alicyclic amines) is 1. The van der Waals surface area contributed by atoms with Crippen molar-refractivity contribution < 1.29 is 9.53 Å². The van der Waals surface area contributed by atoms with E-state index < -0.39 is 0 Å². The number of hydrogen-bond acceptors (Lipinski definition) is 7. The molecule has 0 radical (unpaired) electrons. The van der Waals surface area contributed by atoms with E-state index in [0.717, 1.165) is 43.9 Å². The summed E-state index contributed by atoms with van der Waals surface area (Å²) in [6.45, 7) is 3.91. The zero-order valence-corrected chi connectivity index (χ0v) is 17.5. The molecule has 8 heteroatoms. The van der Waals surface area contributed by atoms with Crippen LogP contribution in [0.3, 0.4) is 0 Å². The lowest BCUT2D eigenvalue weighted by Crippen LogP contribution is -2.39. The van der Waals surface area contributed by atoms with Crippen LogP contribution in [0.1, 0.15) is 56.6 Å². The molecule has 1 aromatic heterocycles. The van der Waals surface area contributed by atoms with Crippen LogP contribution in [0.15, 0.2) is 6.07 Å². The van der Waals surface area contributed by atoms with Crippen LogP contribution in [0.5, 0.6) is 0 Å². The summed E-state index contributed by atoms with van der Waals surface area (Å²) in [6.07, 6.45) is 7.64. The van der Waals surface area contributed by atoms with Gasteiger partial charge >= 0.3 is 6.09 Å². The zero-order chi connectivity index (χ0) is 20.2. The van der Waals surface area contributed by atoms with E-state index in [2.05, 4.69) is 26.3 Å². The minimum absolute atomic E-state index is 0.159. The van der Waals surface area contributed by atoms with Crippen LogP contribution in [0, 0.1) is 5.92 Å². The number of carbonyl (C=O) groups is 1. The average molecular weight is 403 g/mol. The molecule has 1 aromatic rings. The molecule has 3 heterocycles. The number of carbonyl (C=O) groups excluding carboxylic acids is 1. The highest BCUT2D eigenvalue weighted by Crippen LogP contribution is 2.31. The van der Waals surface area contributed by atoms with Crippen molar-refractivity contribution in [3.8, 4) is 0 Å². The van der Waals surface area contributed by atoms with Gasteiger partial charge in [-0.3, -0.25) is 0 Å². The minimum Gasteiger partial charge on any atom is -0.449 e. The van der Waals surface area contributed by atoms with E-state index in [1.165, 1.54) is 25.7 Å². The molecule has 3 fully saturated rings. The van der Waals surface area contributed by atoms with Gasteiger partial charge in [0, 0.05) is 44.2 Å². The normalized spacial score (nSPS) is 23.7. The largest absolute Gasteiger partial charge is 0.449 e. The highest BCUT2D eigenvalue weighted by Gasteiger charge is 2.28. The predicted octanol–water partition coefficient (Wildman–Crippen LogP) is 2.36. The van der Waals surface area contributed by atoms with Crippen molar-refractivity contribution >= 4 is 17.9 Å². The smallest absolute Gasteiger partial charge is 0.409 e. The molecule has 0 aromatic carbocycles. The van der Waals surface area contributed by atoms with Crippen LogP contribution in [0.4, 0.5) is 16.6 Å². The second-order valence-electron chi connectivity index (χ2n) is 8.72. The number of amides is 1. The number of nitrogens with two attached hydrogens (primary N) is 1. The molecule has 4 rings (SSSR count). The maximum Gasteiger partial charge on any atom is 0.409 e. The number of nitrogens with one attached hydrogen (secondary N) is 1. The number of nitrogen functional groups attached to an aromatic ring is 1. The Labute approximate surface area is 173 Å². The van der Waals surface area contributed by atoms with Gasteiger partial charge in [0.1, 0.15) is 5.82 Å². The fourth-order valence-electron chi connectivity index (χ4n) is 4.86. The molecule has 0 spiro atoms. The summed E-state index contributed by atoms with van der Waals surface area (Å²) >= 11 is 0. The van der Waals surface area contributed by atoms with Crippen LogP contribution in [-0.2, 0) is 4.74 Å². The van der Waals surface area contributed by atoms with E-state index in [-0.39, 0.29) is 6.09 Å². The van der Waals surface area contributed by atoms with Crippen LogP contribution in [0.25, 0.3) is 0 Å². The van der Waals surface area contributed by atoms with Crippen LogP contribution in [0.2, 0.25) is 0 Å². The number of ether oxygens (including phenoxy) is 1. The number of hydrogen-bond donors (Lipinski definition) is 2. The van der Waals surface area contributed by atoms with Crippen LogP contribution >= 0.6 is 0 Å². The van der Waals surface area contributed by atoms with Crippen molar-refractivity contribution in [3.05, 3.63) is 11.8 Å². The minimum atomic E-state index is -0.159. The topological polar surface area (TPSA) is 96.6 Å². The lowest BCUT2D eigenvalue weighted by molar-refractivity contribution is 0.0798. The molecule has 1 aliphatic carbocycles. The molecule has 2 aliphatic heterocycles. The van der Waals surface area contributed by atoms with Crippen LogP contribution in [-0.4, -0.2) is 66.8 Å². The van der Waals surface area contributed by atoms with Gasteiger partial charge in [0.15, 0.2) is 0 Å². The summed E-state index contributed by atoms with van der Waals surface area (Å²) in [7, 11) is 2.00. The number of nitrogens with zero attached hydrogens (tertiary/aromatic N) is 4. The lowest BCUT2D eigenvalue weighted by atomic mass is 9.93. The third-order valence-corrected chi connectivity index (χ3v) is 6.76. The monoisotopic (exact) mass is 402 g/mol. The number of rotatable bonds is 5. The van der Waals surface area contributed by atoms with Crippen molar-refractivity contribution in [3.63, 3.8) is 0 Å². The van der Waals surface area contributed by atoms with Crippen molar-refractivity contribution in [2.75, 3.05) is 50.5 Å². The number of anilines is 2. The van der Waals surface area contributed by atoms with Gasteiger partial charge in [0.25, 0.3) is 0 Å². The molecule has 3 aliphatic rings. The van der Waals surface area contributed by atoms with E-state index in [4.69, 9.17) is 10.5 Å². The van der Waals surface area contributed by atoms with E-state index in [0.29, 0.717) is 43.5 Å². The Hall–Kier alpha value is -2.09. The van der Waals surface area contributed by atoms with E-state index >= 15 is 0 Å². The average Bonchev–Trinajstić information content (AvgIpc) is 3.43. The second kappa shape index (κ2) is 9.15. The molecule has 1 atom stereocenters. The van der Waals surface area contributed by atoms with Gasteiger partial charge in [0.05, 0.1) is 12.3 Å². The zero-order valence-electron chi connectivity index (χ0n) is 17.5. The standard InChI is InChI=1S/C21H34N6O2/c1-23-17-8-11-27(13-17)19-12-18(24-20(22)25-19)16-6-9-26(10-7-16)21(28)29-14-15-4-2-3-5-15/h12,15-17,23H,2-11,13-14H2,1H3,(H2,22,24,25)/t17-/m1/s1. The Kier molecular flexibility index (Phi) is 6.37. The molecule has 8 nitrogen and oxygen atoms in total. The maximum atomic E-state index is 12.4. The summed E-state index contributed by atoms with van der Waals surface area (Å²) < 4.78 is 5.56. The van der Waals surface area contributed by atoms with E-state index in [1.807, 2.05) is 11.9 Å². The summed E-state index contributed by atoms with van der Waals surface area (Å²) in [5, 5.41) is 3.33. The van der Waals surface area contributed by atoms with E-state index in [1.54, 1.807) is 0 Å². The Bertz CT molecular complexity index is 700. The predicted molar refractivity (Wildman–Crippen MR) is 113 cm³/mol. The molecular formula is C21H34N6O2. The maximum absolute atomic E-state index is 12.4. The fourth-order valence-corrected chi connectivity index (χ4v) is 4.86. The van der Waals surface area contributed by atoms with Gasteiger partial charge in [-0.15, -0.1) is 0 Å². The lowest BCUT2D eigenvalue weighted by Gasteiger charge is -2.31. The number of aromatic nitrogens is 2. The Morgan fingerprint density at radius 1 is 1.17 bits per heavy atom. The summed E-state index contributed by atoms with van der Waals surface area (Å²) in [5.74, 6) is 2.13.